The molecule has 0 radical (unpaired) electrons. The predicted octanol–water partition coefficient (Wildman–Crippen LogP) is -0.659. The Morgan fingerprint density at radius 1 is 1.71 bits per heavy atom. The summed E-state index contributed by atoms with van der Waals surface area (Å²) < 4.78 is 0. The SMILES string of the molecule is OC12CNC[C@@H]1C2. The number of aliphatic hydroxyl groups is 1. The van der Waals surface area contributed by atoms with Gasteiger partial charge in [-0.3, -0.25) is 0 Å². The lowest BCUT2D eigenvalue weighted by Crippen LogP contribution is -2.19. The summed E-state index contributed by atoms with van der Waals surface area (Å²) in [5, 5.41) is 12.3. The molecule has 40 valence electrons. The first-order valence-corrected chi connectivity index (χ1v) is 2.74. The van der Waals surface area contributed by atoms with Crippen LogP contribution in [0.15, 0.2) is 0 Å². The van der Waals surface area contributed by atoms with Gasteiger partial charge in [0.05, 0.1) is 5.60 Å². The highest BCUT2D eigenvalue weighted by Gasteiger charge is 2.55. The van der Waals surface area contributed by atoms with Crippen molar-refractivity contribution < 1.29 is 5.11 Å². The molecule has 1 aliphatic heterocycles. The normalized spacial score (nSPS) is 57.0. The van der Waals surface area contributed by atoms with Crippen molar-refractivity contribution in [1.82, 2.24) is 5.32 Å². The molecule has 1 saturated carbocycles. The van der Waals surface area contributed by atoms with Gasteiger partial charge in [-0.1, -0.05) is 0 Å². The van der Waals surface area contributed by atoms with Gasteiger partial charge >= 0.3 is 0 Å². The molecule has 0 bridgehead atoms. The second-order valence-corrected chi connectivity index (χ2v) is 2.64. The molecule has 0 aromatic carbocycles. The lowest BCUT2D eigenvalue weighted by atomic mass is 10.3. The van der Waals surface area contributed by atoms with Crippen molar-refractivity contribution in [3.63, 3.8) is 0 Å². The standard InChI is InChI=1S/C5H9NO/c7-5-1-4(5)2-6-3-5/h4,6-7H,1-3H2/t4-,5?/m0/s1. The van der Waals surface area contributed by atoms with E-state index in [9.17, 15) is 5.11 Å². The molecular weight excluding hydrogens is 90.1 g/mol. The van der Waals surface area contributed by atoms with Gasteiger partial charge in [0.2, 0.25) is 0 Å². The molecule has 2 rings (SSSR count). The van der Waals surface area contributed by atoms with Crippen LogP contribution >= 0.6 is 0 Å². The Bertz CT molecular complexity index is 102. The maximum absolute atomic E-state index is 9.21. The van der Waals surface area contributed by atoms with Gasteiger partial charge in [-0.15, -0.1) is 0 Å². The van der Waals surface area contributed by atoms with Crippen molar-refractivity contribution in [1.29, 1.82) is 0 Å². The summed E-state index contributed by atoms with van der Waals surface area (Å²) in [6.45, 7) is 1.87. The molecule has 1 heterocycles. The van der Waals surface area contributed by atoms with E-state index >= 15 is 0 Å². The van der Waals surface area contributed by atoms with Crippen LogP contribution in [-0.4, -0.2) is 23.8 Å². The minimum absolute atomic E-state index is 0.250. The van der Waals surface area contributed by atoms with E-state index in [1.807, 2.05) is 0 Å². The summed E-state index contributed by atoms with van der Waals surface area (Å²) in [6, 6.07) is 0. The van der Waals surface area contributed by atoms with E-state index in [-0.39, 0.29) is 5.60 Å². The molecule has 1 saturated heterocycles. The molecule has 0 aromatic heterocycles. The second kappa shape index (κ2) is 0.858. The van der Waals surface area contributed by atoms with E-state index in [0.29, 0.717) is 5.92 Å². The van der Waals surface area contributed by atoms with Gasteiger partial charge in [-0.05, 0) is 6.42 Å². The fourth-order valence-corrected chi connectivity index (χ4v) is 1.31. The van der Waals surface area contributed by atoms with Crippen molar-refractivity contribution in [2.45, 2.75) is 12.0 Å². The average molecular weight is 99.1 g/mol. The first-order valence-electron chi connectivity index (χ1n) is 2.74. The number of fused-ring (bicyclic) bond motifs is 1. The first-order chi connectivity index (χ1) is 3.31. The largest absolute Gasteiger partial charge is 0.388 e. The number of hydrogen-bond donors (Lipinski definition) is 2. The smallest absolute Gasteiger partial charge is 0.0816 e. The van der Waals surface area contributed by atoms with Gasteiger partial charge in [0.15, 0.2) is 0 Å². The van der Waals surface area contributed by atoms with E-state index < -0.39 is 0 Å². The zero-order valence-corrected chi connectivity index (χ0v) is 4.15. The van der Waals surface area contributed by atoms with Crippen molar-refractivity contribution in [2.24, 2.45) is 5.92 Å². The first kappa shape index (κ1) is 3.87. The zero-order chi connectivity index (χ0) is 4.91. The second-order valence-electron chi connectivity index (χ2n) is 2.64. The van der Waals surface area contributed by atoms with E-state index in [2.05, 4.69) is 5.32 Å². The fraction of sp³-hybridized carbons (Fsp3) is 1.00. The van der Waals surface area contributed by atoms with Gasteiger partial charge < -0.3 is 10.4 Å². The van der Waals surface area contributed by atoms with Crippen LogP contribution < -0.4 is 5.32 Å². The van der Waals surface area contributed by atoms with Gasteiger partial charge in [-0.2, -0.15) is 0 Å². The van der Waals surface area contributed by atoms with Gasteiger partial charge in [0.1, 0.15) is 0 Å². The molecule has 0 spiro atoms. The molecule has 7 heavy (non-hydrogen) atoms. The van der Waals surface area contributed by atoms with Crippen molar-refractivity contribution in [3.05, 3.63) is 0 Å². The fourth-order valence-electron chi connectivity index (χ4n) is 1.31. The summed E-state index contributed by atoms with van der Waals surface area (Å²) in [5.74, 6) is 0.604. The lowest BCUT2D eigenvalue weighted by Gasteiger charge is -1.97. The molecule has 2 nitrogen and oxygen atoms in total. The van der Waals surface area contributed by atoms with Crippen LogP contribution in [0.2, 0.25) is 0 Å². The summed E-state index contributed by atoms with van der Waals surface area (Å²) >= 11 is 0. The quantitative estimate of drug-likeness (QED) is 0.422. The highest BCUT2D eigenvalue weighted by atomic mass is 16.3. The Kier molecular flexibility index (Phi) is 0.474. The van der Waals surface area contributed by atoms with Crippen LogP contribution in [0, 0.1) is 5.92 Å². The topological polar surface area (TPSA) is 32.3 Å². The van der Waals surface area contributed by atoms with Gasteiger partial charge in [0.25, 0.3) is 0 Å². The minimum atomic E-state index is -0.250. The third kappa shape index (κ3) is 0.359. The monoisotopic (exact) mass is 99.1 g/mol. The molecule has 1 aliphatic carbocycles. The van der Waals surface area contributed by atoms with Gasteiger partial charge in [0, 0.05) is 19.0 Å². The van der Waals surface area contributed by atoms with Crippen LogP contribution in [0.25, 0.3) is 0 Å². The minimum Gasteiger partial charge on any atom is -0.388 e. The van der Waals surface area contributed by atoms with Crippen LogP contribution in [0.4, 0.5) is 0 Å². The molecule has 2 heteroatoms. The molecule has 0 amide bonds. The van der Waals surface area contributed by atoms with Crippen LogP contribution in [0.5, 0.6) is 0 Å². The van der Waals surface area contributed by atoms with Crippen LogP contribution in [0.3, 0.4) is 0 Å². The summed E-state index contributed by atoms with van der Waals surface area (Å²) in [5.41, 5.74) is -0.250. The molecular formula is C5H9NO. The highest BCUT2D eigenvalue weighted by molar-refractivity contribution is 5.10. The van der Waals surface area contributed by atoms with Crippen molar-refractivity contribution in [3.8, 4) is 0 Å². The van der Waals surface area contributed by atoms with Crippen molar-refractivity contribution >= 4 is 0 Å². The van der Waals surface area contributed by atoms with E-state index in [1.165, 1.54) is 0 Å². The van der Waals surface area contributed by atoms with E-state index in [1.54, 1.807) is 0 Å². The van der Waals surface area contributed by atoms with E-state index in [0.717, 1.165) is 19.5 Å². The number of hydrogen-bond acceptors (Lipinski definition) is 2. The Morgan fingerprint density at radius 2 is 2.57 bits per heavy atom. The van der Waals surface area contributed by atoms with Gasteiger partial charge in [-0.25, -0.2) is 0 Å². The molecule has 2 atom stereocenters. The molecule has 1 unspecified atom stereocenters. The van der Waals surface area contributed by atoms with E-state index in [4.69, 9.17) is 0 Å². The van der Waals surface area contributed by atoms with Crippen LogP contribution in [-0.2, 0) is 0 Å². The van der Waals surface area contributed by atoms with Crippen LogP contribution in [0.1, 0.15) is 6.42 Å². The average Bonchev–Trinajstić information content (AvgIpc) is 2.09. The molecule has 2 N–H and O–H groups in total. The zero-order valence-electron chi connectivity index (χ0n) is 4.15. The maximum atomic E-state index is 9.21. The molecule has 2 aliphatic rings. The predicted molar refractivity (Wildman–Crippen MR) is 25.9 cm³/mol. The molecule has 0 aromatic rings. The third-order valence-electron chi connectivity index (χ3n) is 2.02. The number of β-amino-alcohol motifs (C(OH)–C–C–N with tert-alkyl or cyclic N) is 1. The highest BCUT2D eigenvalue weighted by Crippen LogP contribution is 2.45. The third-order valence-corrected chi connectivity index (χ3v) is 2.02. The summed E-state index contributed by atoms with van der Waals surface area (Å²) in [4.78, 5) is 0. The van der Waals surface area contributed by atoms with Crippen molar-refractivity contribution in [2.75, 3.05) is 13.1 Å². The summed E-state index contributed by atoms with van der Waals surface area (Å²) in [7, 11) is 0. The number of piperidine rings is 1. The maximum Gasteiger partial charge on any atom is 0.0816 e. The Balaban J connectivity index is 2.17. The Labute approximate surface area is 42.5 Å². The summed E-state index contributed by atoms with van der Waals surface area (Å²) in [6.07, 6.45) is 1.04. The number of nitrogens with one attached hydrogen (secondary N) is 1. The Morgan fingerprint density at radius 3 is 2.71 bits per heavy atom. The molecule has 2 fully saturated rings. The Hall–Kier alpha value is -0.0800. The lowest BCUT2D eigenvalue weighted by molar-refractivity contribution is 0.155. The number of rotatable bonds is 0.